The van der Waals surface area contributed by atoms with Gasteiger partial charge < -0.3 is 9.64 Å². The number of carbonyl (C=O) groups excluding carboxylic acids is 1. The van der Waals surface area contributed by atoms with E-state index in [9.17, 15) is 18.0 Å². The van der Waals surface area contributed by atoms with Crippen molar-refractivity contribution >= 4 is 5.91 Å². The fourth-order valence-corrected chi connectivity index (χ4v) is 2.19. The number of alkyl halides is 3. The molecular weight excluding hydrogens is 271 g/mol. The van der Waals surface area contributed by atoms with Crippen molar-refractivity contribution in [2.75, 3.05) is 6.54 Å². The third-order valence-corrected chi connectivity index (χ3v) is 3.25. The summed E-state index contributed by atoms with van der Waals surface area (Å²) in [5.41, 5.74) is 0.804. The third kappa shape index (κ3) is 3.30. The van der Waals surface area contributed by atoms with Gasteiger partial charge in [0.05, 0.1) is 6.54 Å². The minimum Gasteiger partial charge on any atom is -0.354 e. The molecule has 2 rings (SSSR count). The highest BCUT2D eigenvalue weighted by Gasteiger charge is 2.48. The van der Waals surface area contributed by atoms with Crippen molar-refractivity contribution in [3.05, 3.63) is 35.9 Å². The Hall–Kier alpha value is -1.56. The lowest BCUT2D eigenvalue weighted by Gasteiger charge is -2.38. The second kappa shape index (κ2) is 5.83. The monoisotopic (exact) mass is 287 g/mol. The van der Waals surface area contributed by atoms with Crippen molar-refractivity contribution in [1.29, 1.82) is 0 Å². The summed E-state index contributed by atoms with van der Waals surface area (Å²) in [6, 6.07) is 8.97. The van der Waals surface area contributed by atoms with Gasteiger partial charge in [-0.25, -0.2) is 0 Å². The van der Waals surface area contributed by atoms with Crippen LogP contribution in [0.15, 0.2) is 30.3 Å². The first-order valence-electron chi connectivity index (χ1n) is 6.46. The summed E-state index contributed by atoms with van der Waals surface area (Å²) in [5, 5.41) is 0. The summed E-state index contributed by atoms with van der Waals surface area (Å²) in [5.74, 6) is -0.378. The number of hydrogen-bond donors (Lipinski definition) is 0. The first-order chi connectivity index (χ1) is 9.41. The number of benzene rings is 1. The van der Waals surface area contributed by atoms with E-state index in [1.165, 1.54) is 4.90 Å². The van der Waals surface area contributed by atoms with Crippen LogP contribution in [-0.2, 0) is 16.1 Å². The smallest absolute Gasteiger partial charge is 0.354 e. The van der Waals surface area contributed by atoms with E-state index in [2.05, 4.69) is 0 Å². The zero-order valence-corrected chi connectivity index (χ0v) is 11.1. The van der Waals surface area contributed by atoms with Crippen LogP contribution in [-0.4, -0.2) is 35.7 Å². The second-order valence-corrected chi connectivity index (χ2v) is 4.77. The molecule has 1 fully saturated rings. The largest absolute Gasteiger partial charge is 0.416 e. The minimum absolute atomic E-state index is 0.173. The molecule has 0 radical (unpaired) electrons. The van der Waals surface area contributed by atoms with Crippen LogP contribution < -0.4 is 0 Å². The predicted molar refractivity (Wildman–Crippen MR) is 66.9 cm³/mol. The van der Waals surface area contributed by atoms with Gasteiger partial charge in [0.15, 0.2) is 6.10 Å². The van der Waals surface area contributed by atoms with Gasteiger partial charge in [0, 0.05) is 6.54 Å². The van der Waals surface area contributed by atoms with Gasteiger partial charge in [-0.2, -0.15) is 13.2 Å². The quantitative estimate of drug-likeness (QED) is 0.855. The Morgan fingerprint density at radius 1 is 1.30 bits per heavy atom. The molecule has 0 spiro atoms. The number of halogens is 3. The average Bonchev–Trinajstić information content (AvgIpc) is 2.41. The van der Waals surface area contributed by atoms with Crippen LogP contribution in [0.25, 0.3) is 0 Å². The molecule has 6 heteroatoms. The Labute approximate surface area is 115 Å². The summed E-state index contributed by atoms with van der Waals surface area (Å²) in [4.78, 5) is 13.3. The van der Waals surface area contributed by atoms with Crippen molar-refractivity contribution in [3.63, 3.8) is 0 Å². The molecule has 0 saturated carbocycles. The van der Waals surface area contributed by atoms with Crippen LogP contribution in [0.3, 0.4) is 0 Å². The molecule has 110 valence electrons. The number of nitrogens with zero attached hydrogens (tertiary/aromatic N) is 1. The number of ether oxygens (including phenoxy) is 1. The Balaban J connectivity index is 2.15. The van der Waals surface area contributed by atoms with Crippen molar-refractivity contribution in [1.82, 2.24) is 4.90 Å². The summed E-state index contributed by atoms with van der Waals surface area (Å²) in [6.45, 7) is 1.36. The summed E-state index contributed by atoms with van der Waals surface area (Å²) in [7, 11) is 0. The molecule has 1 saturated heterocycles. The molecule has 0 aromatic heterocycles. The second-order valence-electron chi connectivity index (χ2n) is 4.77. The van der Waals surface area contributed by atoms with Crippen LogP contribution >= 0.6 is 0 Å². The van der Waals surface area contributed by atoms with Crippen molar-refractivity contribution in [2.45, 2.75) is 38.3 Å². The van der Waals surface area contributed by atoms with Crippen molar-refractivity contribution in [3.8, 4) is 0 Å². The Morgan fingerprint density at radius 2 is 1.95 bits per heavy atom. The molecule has 3 nitrogen and oxygen atoms in total. The zero-order valence-electron chi connectivity index (χ0n) is 11.1. The maximum absolute atomic E-state index is 12.8. The molecule has 2 unspecified atom stereocenters. The zero-order chi connectivity index (χ0) is 14.8. The fraction of sp³-hybridized carbons (Fsp3) is 0.500. The third-order valence-electron chi connectivity index (χ3n) is 3.25. The van der Waals surface area contributed by atoms with E-state index in [-0.39, 0.29) is 18.9 Å². The van der Waals surface area contributed by atoms with E-state index in [4.69, 9.17) is 4.74 Å². The molecule has 20 heavy (non-hydrogen) atoms. The first kappa shape index (κ1) is 14.8. The van der Waals surface area contributed by atoms with Gasteiger partial charge >= 0.3 is 6.18 Å². The number of morpholine rings is 1. The summed E-state index contributed by atoms with van der Waals surface area (Å²) in [6.07, 6.45) is -7.15. The predicted octanol–water partition coefficient (Wildman–Crippen LogP) is 2.75. The highest BCUT2D eigenvalue weighted by Crippen LogP contribution is 2.29. The van der Waals surface area contributed by atoms with Crippen LogP contribution in [0, 0.1) is 0 Å². The van der Waals surface area contributed by atoms with Gasteiger partial charge in [-0.1, -0.05) is 37.3 Å². The average molecular weight is 287 g/mol. The van der Waals surface area contributed by atoms with Gasteiger partial charge in [0.25, 0.3) is 5.91 Å². The van der Waals surface area contributed by atoms with Gasteiger partial charge in [-0.15, -0.1) is 0 Å². The van der Waals surface area contributed by atoms with Crippen LogP contribution in [0.5, 0.6) is 0 Å². The van der Waals surface area contributed by atoms with Gasteiger partial charge in [0.2, 0.25) is 0 Å². The Bertz CT molecular complexity index is 461. The molecule has 1 aromatic rings. The fourth-order valence-electron chi connectivity index (χ4n) is 2.19. The highest BCUT2D eigenvalue weighted by molar-refractivity contribution is 5.81. The molecule has 1 aromatic carbocycles. The molecule has 0 aliphatic carbocycles. The molecule has 0 bridgehead atoms. The van der Waals surface area contributed by atoms with E-state index in [1.54, 1.807) is 31.2 Å². The highest BCUT2D eigenvalue weighted by atomic mass is 19.4. The van der Waals surface area contributed by atoms with Gasteiger partial charge in [-0.05, 0) is 12.0 Å². The SMILES string of the molecule is CCC1OC(C(F)(F)F)CN(Cc2ccccc2)C1=O. The lowest BCUT2D eigenvalue weighted by atomic mass is 10.1. The summed E-state index contributed by atoms with van der Waals surface area (Å²) >= 11 is 0. The molecule has 0 N–H and O–H groups in total. The van der Waals surface area contributed by atoms with E-state index in [0.717, 1.165) is 5.56 Å². The van der Waals surface area contributed by atoms with Crippen molar-refractivity contribution < 1.29 is 22.7 Å². The molecule has 1 amide bonds. The van der Waals surface area contributed by atoms with Gasteiger partial charge in [-0.3, -0.25) is 4.79 Å². The lowest BCUT2D eigenvalue weighted by Crippen LogP contribution is -2.55. The minimum atomic E-state index is -4.46. The molecule has 1 heterocycles. The summed E-state index contributed by atoms with van der Waals surface area (Å²) < 4.78 is 43.3. The topological polar surface area (TPSA) is 29.5 Å². The maximum Gasteiger partial charge on any atom is 0.416 e. The molecule has 2 atom stereocenters. The number of hydrogen-bond acceptors (Lipinski definition) is 2. The van der Waals surface area contributed by atoms with Crippen LogP contribution in [0.1, 0.15) is 18.9 Å². The molecule has 1 aliphatic rings. The van der Waals surface area contributed by atoms with Crippen LogP contribution in [0.2, 0.25) is 0 Å². The molecule has 1 aliphatic heterocycles. The number of carbonyl (C=O) groups is 1. The number of rotatable bonds is 3. The van der Waals surface area contributed by atoms with E-state index < -0.39 is 24.9 Å². The van der Waals surface area contributed by atoms with E-state index in [0.29, 0.717) is 0 Å². The maximum atomic E-state index is 12.8. The van der Waals surface area contributed by atoms with Gasteiger partial charge in [0.1, 0.15) is 6.10 Å². The van der Waals surface area contributed by atoms with Crippen molar-refractivity contribution in [2.24, 2.45) is 0 Å². The first-order valence-corrected chi connectivity index (χ1v) is 6.46. The van der Waals surface area contributed by atoms with E-state index >= 15 is 0 Å². The standard InChI is InChI=1S/C14H16F3NO2/c1-2-11-13(19)18(8-10-6-4-3-5-7-10)9-12(20-11)14(15,16)17/h3-7,11-12H,2,8-9H2,1H3. The van der Waals surface area contributed by atoms with Crippen LogP contribution in [0.4, 0.5) is 13.2 Å². The number of amides is 1. The normalized spacial score (nSPS) is 24.0. The Morgan fingerprint density at radius 3 is 2.50 bits per heavy atom. The molecular formula is C14H16F3NO2. The Kier molecular flexibility index (Phi) is 4.32. The lowest BCUT2D eigenvalue weighted by molar-refractivity contribution is -0.250. The van der Waals surface area contributed by atoms with E-state index in [1.807, 2.05) is 6.07 Å².